The molecule has 0 bridgehead atoms. The fraction of sp³-hybridized carbons (Fsp3) is 0.545. The number of amides is 2. The fourth-order valence-electron chi connectivity index (χ4n) is 4.68. The summed E-state index contributed by atoms with van der Waals surface area (Å²) in [6, 6.07) is 7.65. The third-order valence-electron chi connectivity index (χ3n) is 6.34. The Labute approximate surface area is 181 Å². The van der Waals surface area contributed by atoms with Crippen molar-refractivity contribution >= 4 is 23.3 Å². The molecule has 2 saturated heterocycles. The molecule has 8 heteroatoms. The topological polar surface area (TPSA) is 75.6 Å². The highest BCUT2D eigenvalue weighted by Gasteiger charge is 2.36. The standard InChI is InChI=1S/C22H28N4O3S/c1-15-20(30-24-23-15)22(28)25-12-9-16(10-13-25)19-8-3-4-11-26(19)21(27)17-6-5-7-18(14-17)29-2/h5-7,14,16,19H,3-4,8-13H2,1-2H3. The van der Waals surface area contributed by atoms with E-state index in [-0.39, 0.29) is 17.9 Å². The zero-order valence-corrected chi connectivity index (χ0v) is 18.4. The number of benzene rings is 1. The number of carbonyl (C=O) groups excluding carboxylic acids is 2. The largest absolute Gasteiger partial charge is 0.497 e. The average Bonchev–Trinajstić information content (AvgIpc) is 3.24. The normalized spacial score (nSPS) is 20.3. The van der Waals surface area contributed by atoms with E-state index in [9.17, 15) is 9.59 Å². The average molecular weight is 429 g/mol. The lowest BCUT2D eigenvalue weighted by Crippen LogP contribution is -2.51. The molecule has 7 nitrogen and oxygen atoms in total. The molecule has 2 aliphatic heterocycles. The minimum atomic E-state index is 0.0360. The number of carbonyl (C=O) groups is 2. The first-order valence-corrected chi connectivity index (χ1v) is 11.4. The minimum absolute atomic E-state index is 0.0360. The monoisotopic (exact) mass is 428 g/mol. The summed E-state index contributed by atoms with van der Waals surface area (Å²) in [6.45, 7) is 4.07. The molecule has 0 aliphatic carbocycles. The number of aryl methyl sites for hydroxylation is 1. The van der Waals surface area contributed by atoms with E-state index in [0.717, 1.165) is 51.7 Å². The molecule has 2 aliphatic rings. The van der Waals surface area contributed by atoms with Gasteiger partial charge in [0.1, 0.15) is 10.6 Å². The molecule has 0 radical (unpaired) electrons. The first kappa shape index (κ1) is 20.8. The van der Waals surface area contributed by atoms with E-state index in [4.69, 9.17) is 4.74 Å². The van der Waals surface area contributed by atoms with Crippen molar-refractivity contribution in [3.05, 3.63) is 40.4 Å². The van der Waals surface area contributed by atoms with Gasteiger partial charge < -0.3 is 14.5 Å². The van der Waals surface area contributed by atoms with Gasteiger partial charge in [0.05, 0.1) is 12.8 Å². The van der Waals surface area contributed by atoms with Crippen LogP contribution in [0.4, 0.5) is 0 Å². The number of piperidine rings is 2. The Hall–Kier alpha value is -2.48. The molecule has 4 rings (SSSR count). The van der Waals surface area contributed by atoms with E-state index in [2.05, 4.69) is 14.5 Å². The van der Waals surface area contributed by atoms with Crippen LogP contribution in [0.5, 0.6) is 5.75 Å². The predicted octanol–water partition coefficient (Wildman–Crippen LogP) is 3.40. The Morgan fingerprint density at radius 2 is 1.90 bits per heavy atom. The zero-order chi connectivity index (χ0) is 21.1. The molecule has 2 aromatic rings. The Bertz CT molecular complexity index is 907. The van der Waals surface area contributed by atoms with E-state index in [0.29, 0.717) is 27.8 Å². The maximum atomic E-state index is 13.3. The molecule has 160 valence electrons. The zero-order valence-electron chi connectivity index (χ0n) is 17.5. The first-order valence-electron chi connectivity index (χ1n) is 10.6. The van der Waals surface area contributed by atoms with Crippen molar-refractivity contribution in [3.63, 3.8) is 0 Å². The van der Waals surface area contributed by atoms with Crippen LogP contribution in [0.2, 0.25) is 0 Å². The third kappa shape index (κ3) is 4.19. The lowest BCUT2D eigenvalue weighted by atomic mass is 9.83. The van der Waals surface area contributed by atoms with Gasteiger partial charge in [0.2, 0.25) is 0 Å². The second kappa shape index (κ2) is 9.12. The van der Waals surface area contributed by atoms with Crippen LogP contribution < -0.4 is 4.74 Å². The highest BCUT2D eigenvalue weighted by Crippen LogP contribution is 2.32. The van der Waals surface area contributed by atoms with Gasteiger partial charge in [-0.3, -0.25) is 9.59 Å². The summed E-state index contributed by atoms with van der Waals surface area (Å²) in [5.41, 5.74) is 1.39. The second-order valence-electron chi connectivity index (χ2n) is 8.11. The van der Waals surface area contributed by atoms with Crippen LogP contribution in [-0.4, -0.2) is 64.0 Å². The van der Waals surface area contributed by atoms with Crippen molar-refractivity contribution in [3.8, 4) is 5.75 Å². The summed E-state index contributed by atoms with van der Waals surface area (Å²) >= 11 is 1.17. The van der Waals surface area contributed by atoms with Crippen LogP contribution in [-0.2, 0) is 0 Å². The van der Waals surface area contributed by atoms with E-state index in [1.54, 1.807) is 7.11 Å². The van der Waals surface area contributed by atoms with Crippen LogP contribution in [0.15, 0.2) is 24.3 Å². The van der Waals surface area contributed by atoms with Crippen molar-refractivity contribution in [2.24, 2.45) is 5.92 Å². The van der Waals surface area contributed by atoms with Gasteiger partial charge >= 0.3 is 0 Å². The number of hydrogen-bond acceptors (Lipinski definition) is 6. The molecule has 0 N–H and O–H groups in total. The van der Waals surface area contributed by atoms with Crippen molar-refractivity contribution in [1.29, 1.82) is 0 Å². The maximum absolute atomic E-state index is 13.3. The van der Waals surface area contributed by atoms with Crippen LogP contribution in [0.25, 0.3) is 0 Å². The van der Waals surface area contributed by atoms with E-state index < -0.39 is 0 Å². The number of likely N-dealkylation sites (tertiary alicyclic amines) is 2. The van der Waals surface area contributed by atoms with Gasteiger partial charge in [-0.1, -0.05) is 10.6 Å². The summed E-state index contributed by atoms with van der Waals surface area (Å²) < 4.78 is 9.18. The Morgan fingerprint density at radius 1 is 1.10 bits per heavy atom. The SMILES string of the molecule is COc1cccc(C(=O)N2CCCCC2C2CCN(C(=O)c3snnc3C)CC2)c1. The Kier molecular flexibility index (Phi) is 6.32. The molecular formula is C22H28N4O3S. The van der Waals surface area contributed by atoms with Gasteiger partial charge in [-0.25, -0.2) is 0 Å². The molecular weight excluding hydrogens is 400 g/mol. The van der Waals surface area contributed by atoms with E-state index in [1.807, 2.05) is 36.1 Å². The van der Waals surface area contributed by atoms with Crippen molar-refractivity contribution in [2.75, 3.05) is 26.7 Å². The molecule has 1 aromatic carbocycles. The number of rotatable bonds is 4. The highest BCUT2D eigenvalue weighted by atomic mass is 32.1. The van der Waals surface area contributed by atoms with Gasteiger partial charge in [0.25, 0.3) is 11.8 Å². The molecule has 3 heterocycles. The number of hydrogen-bond donors (Lipinski definition) is 0. The molecule has 1 atom stereocenters. The van der Waals surface area contributed by atoms with Gasteiger partial charge in [-0.2, -0.15) is 0 Å². The van der Waals surface area contributed by atoms with Gasteiger partial charge in [-0.15, -0.1) is 5.10 Å². The van der Waals surface area contributed by atoms with Gasteiger partial charge in [0, 0.05) is 31.2 Å². The van der Waals surface area contributed by atoms with Crippen LogP contribution in [0, 0.1) is 12.8 Å². The Balaban J connectivity index is 1.43. The molecule has 30 heavy (non-hydrogen) atoms. The fourth-order valence-corrected chi connectivity index (χ4v) is 5.31. The van der Waals surface area contributed by atoms with Gasteiger partial charge in [-0.05, 0) is 74.7 Å². The summed E-state index contributed by atoms with van der Waals surface area (Å²) in [6.07, 6.45) is 5.07. The second-order valence-corrected chi connectivity index (χ2v) is 8.86. The lowest BCUT2D eigenvalue weighted by Gasteiger charge is -2.43. The smallest absolute Gasteiger partial charge is 0.267 e. The molecule has 0 spiro atoms. The lowest BCUT2D eigenvalue weighted by molar-refractivity contribution is 0.0375. The number of ether oxygens (including phenoxy) is 1. The molecule has 2 fully saturated rings. The van der Waals surface area contributed by atoms with Crippen molar-refractivity contribution < 1.29 is 14.3 Å². The Morgan fingerprint density at radius 3 is 2.60 bits per heavy atom. The molecule has 2 amide bonds. The predicted molar refractivity (Wildman–Crippen MR) is 115 cm³/mol. The number of nitrogens with zero attached hydrogens (tertiary/aromatic N) is 4. The summed E-state index contributed by atoms with van der Waals surface area (Å²) in [7, 11) is 1.62. The first-order chi connectivity index (χ1) is 14.6. The number of methoxy groups -OCH3 is 1. The quantitative estimate of drug-likeness (QED) is 0.746. The van der Waals surface area contributed by atoms with Crippen LogP contribution in [0.1, 0.15) is 57.8 Å². The van der Waals surface area contributed by atoms with Crippen molar-refractivity contribution in [1.82, 2.24) is 19.4 Å². The van der Waals surface area contributed by atoms with E-state index >= 15 is 0 Å². The summed E-state index contributed by atoms with van der Waals surface area (Å²) in [4.78, 5) is 30.7. The maximum Gasteiger partial charge on any atom is 0.267 e. The van der Waals surface area contributed by atoms with Crippen molar-refractivity contribution in [2.45, 2.75) is 45.1 Å². The molecule has 1 aromatic heterocycles. The minimum Gasteiger partial charge on any atom is -0.497 e. The van der Waals surface area contributed by atoms with Crippen LogP contribution in [0.3, 0.4) is 0 Å². The summed E-state index contributed by atoms with van der Waals surface area (Å²) in [5.74, 6) is 1.25. The molecule has 0 saturated carbocycles. The van der Waals surface area contributed by atoms with Crippen LogP contribution >= 0.6 is 11.5 Å². The van der Waals surface area contributed by atoms with E-state index in [1.165, 1.54) is 11.5 Å². The van der Waals surface area contributed by atoms with Gasteiger partial charge in [0.15, 0.2) is 0 Å². The third-order valence-corrected chi connectivity index (χ3v) is 7.16. The summed E-state index contributed by atoms with van der Waals surface area (Å²) in [5, 5.41) is 3.96. The number of aromatic nitrogens is 2. The molecule has 1 unspecified atom stereocenters. The highest BCUT2D eigenvalue weighted by molar-refractivity contribution is 7.07.